The van der Waals surface area contributed by atoms with Crippen LogP contribution in [0.1, 0.15) is 42.0 Å². The van der Waals surface area contributed by atoms with E-state index in [-0.39, 0.29) is 24.8 Å². The quantitative estimate of drug-likeness (QED) is 0.829. The van der Waals surface area contributed by atoms with Crippen LogP contribution >= 0.6 is 0 Å². The molecule has 3 rings (SSSR count). The van der Waals surface area contributed by atoms with Crippen molar-refractivity contribution in [2.45, 2.75) is 44.6 Å². The van der Waals surface area contributed by atoms with E-state index in [4.69, 9.17) is 0 Å². The number of fused-ring (bicyclic) bond motifs is 1. The summed E-state index contributed by atoms with van der Waals surface area (Å²) in [5, 5.41) is 10.9. The SMILES string of the molecule is CCCc1ccc(C2(O)CCc3c(cc(F)c(F)c3F)C2)cc1. The molecule has 0 amide bonds. The molecule has 1 N–H and O–H groups in total. The van der Waals surface area contributed by atoms with E-state index in [0.717, 1.165) is 24.5 Å². The molecule has 0 aromatic heterocycles. The molecule has 23 heavy (non-hydrogen) atoms. The zero-order valence-electron chi connectivity index (χ0n) is 13.0. The molecule has 2 aromatic carbocycles. The number of halogens is 3. The molecule has 0 saturated carbocycles. The van der Waals surface area contributed by atoms with E-state index in [0.29, 0.717) is 5.56 Å². The van der Waals surface area contributed by atoms with Crippen molar-refractivity contribution in [3.05, 3.63) is 70.0 Å². The highest BCUT2D eigenvalue weighted by Crippen LogP contribution is 2.38. The molecular formula is C19H19F3O. The first-order valence-corrected chi connectivity index (χ1v) is 7.91. The Labute approximate surface area is 133 Å². The van der Waals surface area contributed by atoms with Gasteiger partial charge >= 0.3 is 0 Å². The normalized spacial score (nSPS) is 20.4. The maximum absolute atomic E-state index is 13.8. The Morgan fingerprint density at radius 3 is 2.43 bits per heavy atom. The van der Waals surface area contributed by atoms with Crippen molar-refractivity contribution in [2.24, 2.45) is 0 Å². The summed E-state index contributed by atoms with van der Waals surface area (Å²) in [5.74, 6) is -3.76. The van der Waals surface area contributed by atoms with Crippen molar-refractivity contribution >= 4 is 0 Å². The van der Waals surface area contributed by atoms with Gasteiger partial charge in [0.25, 0.3) is 0 Å². The van der Waals surface area contributed by atoms with Crippen molar-refractivity contribution in [1.29, 1.82) is 0 Å². The third-order valence-electron chi connectivity index (χ3n) is 4.66. The van der Waals surface area contributed by atoms with Gasteiger partial charge in [0.15, 0.2) is 17.5 Å². The van der Waals surface area contributed by atoms with Crippen LogP contribution in [-0.4, -0.2) is 5.11 Å². The van der Waals surface area contributed by atoms with Crippen LogP contribution in [0.4, 0.5) is 13.2 Å². The average Bonchev–Trinajstić information content (AvgIpc) is 2.53. The van der Waals surface area contributed by atoms with Crippen molar-refractivity contribution in [3.8, 4) is 0 Å². The third-order valence-corrected chi connectivity index (χ3v) is 4.66. The topological polar surface area (TPSA) is 20.2 Å². The number of rotatable bonds is 3. The summed E-state index contributed by atoms with van der Waals surface area (Å²) in [7, 11) is 0. The molecule has 0 heterocycles. The lowest BCUT2D eigenvalue weighted by Crippen LogP contribution is -2.34. The molecule has 1 unspecified atom stereocenters. The lowest BCUT2D eigenvalue weighted by molar-refractivity contribution is 0.0215. The second-order valence-electron chi connectivity index (χ2n) is 6.28. The van der Waals surface area contributed by atoms with Crippen LogP contribution in [0.2, 0.25) is 0 Å². The predicted octanol–water partition coefficient (Wildman–Crippen LogP) is 4.43. The van der Waals surface area contributed by atoms with E-state index in [9.17, 15) is 18.3 Å². The standard InChI is InChI=1S/C19H19F3O/c1-2-3-12-4-6-14(7-5-12)19(23)9-8-15-13(11-19)10-16(20)18(22)17(15)21/h4-7,10,23H,2-3,8-9,11H2,1H3. The zero-order chi connectivity index (χ0) is 16.6. The second-order valence-corrected chi connectivity index (χ2v) is 6.28. The number of benzene rings is 2. The lowest BCUT2D eigenvalue weighted by Gasteiger charge is -2.34. The molecule has 1 aliphatic carbocycles. The fraction of sp³-hybridized carbons (Fsp3) is 0.368. The first-order valence-electron chi connectivity index (χ1n) is 7.91. The average molecular weight is 320 g/mol. The summed E-state index contributed by atoms with van der Waals surface area (Å²) in [5.41, 5.74) is 1.27. The molecule has 1 aliphatic rings. The smallest absolute Gasteiger partial charge is 0.194 e. The van der Waals surface area contributed by atoms with Gasteiger partial charge in [-0.2, -0.15) is 0 Å². The van der Waals surface area contributed by atoms with Crippen molar-refractivity contribution in [3.63, 3.8) is 0 Å². The number of hydrogen-bond acceptors (Lipinski definition) is 1. The molecule has 0 spiro atoms. The number of aryl methyl sites for hydroxylation is 1. The first-order chi connectivity index (χ1) is 10.9. The predicted molar refractivity (Wildman–Crippen MR) is 82.7 cm³/mol. The fourth-order valence-electron chi connectivity index (χ4n) is 3.36. The molecule has 1 nitrogen and oxygen atoms in total. The van der Waals surface area contributed by atoms with Gasteiger partial charge in [0.05, 0.1) is 5.60 Å². The van der Waals surface area contributed by atoms with E-state index < -0.39 is 23.1 Å². The lowest BCUT2D eigenvalue weighted by atomic mass is 9.76. The van der Waals surface area contributed by atoms with Gasteiger partial charge in [-0.05, 0) is 47.6 Å². The maximum atomic E-state index is 13.8. The van der Waals surface area contributed by atoms with Crippen LogP contribution in [0.5, 0.6) is 0 Å². The van der Waals surface area contributed by atoms with Crippen LogP contribution in [0.3, 0.4) is 0 Å². The Bertz CT molecular complexity index is 724. The number of aliphatic hydroxyl groups is 1. The Balaban J connectivity index is 1.93. The minimum atomic E-state index is -1.43. The van der Waals surface area contributed by atoms with Gasteiger partial charge in [-0.3, -0.25) is 0 Å². The van der Waals surface area contributed by atoms with Gasteiger partial charge in [-0.1, -0.05) is 37.6 Å². The van der Waals surface area contributed by atoms with Crippen LogP contribution in [0, 0.1) is 17.5 Å². The largest absolute Gasteiger partial charge is 0.385 e. The van der Waals surface area contributed by atoms with Crippen LogP contribution in [0.15, 0.2) is 30.3 Å². The summed E-state index contributed by atoms with van der Waals surface area (Å²) in [6.07, 6.45) is 2.57. The van der Waals surface area contributed by atoms with E-state index in [1.165, 1.54) is 5.56 Å². The Morgan fingerprint density at radius 2 is 1.78 bits per heavy atom. The van der Waals surface area contributed by atoms with Gasteiger partial charge in [-0.25, -0.2) is 13.2 Å². The number of hydrogen-bond donors (Lipinski definition) is 1. The first kappa shape index (κ1) is 16.1. The minimum absolute atomic E-state index is 0.0869. The highest BCUT2D eigenvalue weighted by atomic mass is 19.2. The fourth-order valence-corrected chi connectivity index (χ4v) is 3.36. The molecule has 0 aliphatic heterocycles. The Hall–Kier alpha value is -1.81. The highest BCUT2D eigenvalue weighted by molar-refractivity contribution is 5.38. The van der Waals surface area contributed by atoms with Crippen LogP contribution in [-0.2, 0) is 24.9 Å². The Kier molecular flexibility index (Phi) is 4.19. The van der Waals surface area contributed by atoms with E-state index in [2.05, 4.69) is 6.92 Å². The summed E-state index contributed by atoms with van der Waals surface area (Å²) in [6.45, 7) is 2.10. The van der Waals surface area contributed by atoms with Gasteiger partial charge in [-0.15, -0.1) is 0 Å². The molecular weight excluding hydrogens is 301 g/mol. The summed E-state index contributed by atoms with van der Waals surface area (Å²) in [4.78, 5) is 0. The van der Waals surface area contributed by atoms with Gasteiger partial charge in [0.2, 0.25) is 0 Å². The van der Waals surface area contributed by atoms with Gasteiger partial charge < -0.3 is 5.11 Å². The molecule has 0 fully saturated rings. The monoisotopic (exact) mass is 320 g/mol. The molecule has 0 bridgehead atoms. The van der Waals surface area contributed by atoms with Crippen LogP contribution in [0.25, 0.3) is 0 Å². The van der Waals surface area contributed by atoms with Crippen molar-refractivity contribution in [2.75, 3.05) is 0 Å². The Morgan fingerprint density at radius 1 is 1.09 bits per heavy atom. The van der Waals surface area contributed by atoms with Gasteiger partial charge in [0, 0.05) is 6.42 Å². The second kappa shape index (κ2) is 6.00. The van der Waals surface area contributed by atoms with E-state index in [1.807, 2.05) is 24.3 Å². The summed E-state index contributed by atoms with van der Waals surface area (Å²) < 4.78 is 40.6. The van der Waals surface area contributed by atoms with Gasteiger partial charge in [0.1, 0.15) is 0 Å². The van der Waals surface area contributed by atoms with E-state index >= 15 is 0 Å². The zero-order valence-corrected chi connectivity index (χ0v) is 13.0. The van der Waals surface area contributed by atoms with Crippen molar-refractivity contribution < 1.29 is 18.3 Å². The third kappa shape index (κ3) is 2.88. The maximum Gasteiger partial charge on any atom is 0.194 e. The molecule has 0 radical (unpaired) electrons. The molecule has 1 atom stereocenters. The van der Waals surface area contributed by atoms with Crippen LogP contribution < -0.4 is 0 Å². The highest BCUT2D eigenvalue weighted by Gasteiger charge is 2.36. The molecule has 122 valence electrons. The molecule has 4 heteroatoms. The minimum Gasteiger partial charge on any atom is -0.385 e. The summed E-state index contributed by atoms with van der Waals surface area (Å²) >= 11 is 0. The molecule has 0 saturated heterocycles. The van der Waals surface area contributed by atoms with E-state index in [1.54, 1.807) is 0 Å². The van der Waals surface area contributed by atoms with Crippen molar-refractivity contribution in [1.82, 2.24) is 0 Å². The summed E-state index contributed by atoms with van der Waals surface area (Å²) in [6, 6.07) is 8.68. The molecule has 2 aromatic rings.